The van der Waals surface area contributed by atoms with Crippen LogP contribution in [0.3, 0.4) is 0 Å². The summed E-state index contributed by atoms with van der Waals surface area (Å²) in [6, 6.07) is 14.7. The van der Waals surface area contributed by atoms with Gasteiger partial charge in [0.25, 0.3) is 0 Å². The van der Waals surface area contributed by atoms with E-state index in [2.05, 4.69) is 39.3 Å². The summed E-state index contributed by atoms with van der Waals surface area (Å²) in [6.07, 6.45) is 6.00. The Morgan fingerprint density at radius 3 is 2.52 bits per heavy atom. The van der Waals surface area contributed by atoms with Gasteiger partial charge in [-0.2, -0.15) is 0 Å². The van der Waals surface area contributed by atoms with Crippen molar-refractivity contribution < 1.29 is 8.42 Å². The number of sulfonamides is 1. The summed E-state index contributed by atoms with van der Waals surface area (Å²) in [7, 11) is -3.16. The molecule has 1 aliphatic rings. The zero-order chi connectivity index (χ0) is 19.3. The molecule has 0 radical (unpaired) electrons. The summed E-state index contributed by atoms with van der Waals surface area (Å²) in [4.78, 5) is 4.42. The van der Waals surface area contributed by atoms with Crippen LogP contribution in [0.15, 0.2) is 48.7 Å². The Bertz CT molecular complexity index is 830. The number of nitrogens with one attached hydrogen (secondary N) is 2. The van der Waals surface area contributed by atoms with E-state index in [9.17, 15) is 8.42 Å². The average molecular weight is 388 g/mol. The van der Waals surface area contributed by atoms with E-state index in [4.69, 9.17) is 0 Å². The Morgan fingerprint density at radius 2 is 1.85 bits per heavy atom. The van der Waals surface area contributed by atoms with Crippen LogP contribution < -0.4 is 10.0 Å². The lowest BCUT2D eigenvalue weighted by Crippen LogP contribution is -2.37. The van der Waals surface area contributed by atoms with Crippen molar-refractivity contribution in [2.24, 2.45) is 5.92 Å². The molecule has 6 heteroatoms. The number of hydrogen-bond donors (Lipinski definition) is 2. The Balaban J connectivity index is 1.51. The van der Waals surface area contributed by atoms with E-state index in [-0.39, 0.29) is 5.25 Å². The minimum atomic E-state index is -3.16. The molecule has 0 bridgehead atoms. The fraction of sp³-hybridized carbons (Fsp3) is 0.476. The molecule has 146 valence electrons. The molecule has 0 unspecified atom stereocenters. The topological polar surface area (TPSA) is 71.1 Å². The van der Waals surface area contributed by atoms with E-state index in [1.807, 2.05) is 24.4 Å². The first-order valence-electron chi connectivity index (χ1n) is 9.70. The van der Waals surface area contributed by atoms with Gasteiger partial charge in [-0.3, -0.25) is 4.98 Å². The number of rotatable bonds is 7. The molecule has 1 aliphatic carbocycles. The second-order valence-electron chi connectivity index (χ2n) is 7.60. The maximum absolute atomic E-state index is 11.9. The zero-order valence-corrected chi connectivity index (χ0v) is 16.9. The van der Waals surface area contributed by atoms with Gasteiger partial charge in [-0.05, 0) is 69.7 Å². The van der Waals surface area contributed by atoms with Crippen LogP contribution in [0.4, 0.5) is 5.69 Å². The first kappa shape index (κ1) is 19.8. The third-order valence-electron chi connectivity index (χ3n) is 5.23. The van der Waals surface area contributed by atoms with Gasteiger partial charge in [0, 0.05) is 30.0 Å². The molecule has 0 amide bonds. The third-order valence-corrected chi connectivity index (χ3v) is 7.04. The van der Waals surface area contributed by atoms with Crippen molar-refractivity contribution in [3.8, 4) is 11.3 Å². The number of nitrogens with zero attached hydrogens (tertiary/aromatic N) is 1. The predicted molar refractivity (Wildman–Crippen MR) is 111 cm³/mol. The molecule has 1 aromatic carbocycles. The van der Waals surface area contributed by atoms with Crippen LogP contribution in [-0.4, -0.2) is 31.2 Å². The van der Waals surface area contributed by atoms with Gasteiger partial charge >= 0.3 is 0 Å². The molecule has 1 saturated carbocycles. The number of aromatic nitrogens is 1. The third kappa shape index (κ3) is 5.53. The van der Waals surface area contributed by atoms with Crippen LogP contribution in [-0.2, 0) is 10.0 Å². The SMILES string of the molecule is CC(C)S(=O)(=O)NCC1CCC(Nc2cccc(-c3ccccn3)c2)CC1. The maximum atomic E-state index is 11.9. The first-order chi connectivity index (χ1) is 12.9. The van der Waals surface area contributed by atoms with Crippen LogP contribution in [0.25, 0.3) is 11.3 Å². The van der Waals surface area contributed by atoms with Crippen LogP contribution in [0.5, 0.6) is 0 Å². The van der Waals surface area contributed by atoms with Crippen molar-refractivity contribution in [2.45, 2.75) is 50.8 Å². The number of pyridine rings is 1. The highest BCUT2D eigenvalue weighted by atomic mass is 32.2. The van der Waals surface area contributed by atoms with Crippen LogP contribution >= 0.6 is 0 Å². The van der Waals surface area contributed by atoms with E-state index >= 15 is 0 Å². The van der Waals surface area contributed by atoms with Gasteiger partial charge in [-0.15, -0.1) is 0 Å². The first-order valence-corrected chi connectivity index (χ1v) is 11.2. The van der Waals surface area contributed by atoms with Crippen molar-refractivity contribution in [1.29, 1.82) is 0 Å². The molecule has 27 heavy (non-hydrogen) atoms. The summed E-state index contributed by atoms with van der Waals surface area (Å²) in [5.41, 5.74) is 3.20. The Kier molecular flexibility index (Phi) is 6.50. The number of anilines is 1. The van der Waals surface area contributed by atoms with Crippen molar-refractivity contribution in [3.63, 3.8) is 0 Å². The molecular weight excluding hydrogens is 358 g/mol. The van der Waals surface area contributed by atoms with Gasteiger partial charge in [-0.25, -0.2) is 13.1 Å². The molecule has 0 spiro atoms. The van der Waals surface area contributed by atoms with E-state index in [1.165, 1.54) is 0 Å². The quantitative estimate of drug-likeness (QED) is 0.752. The molecule has 1 heterocycles. The van der Waals surface area contributed by atoms with Crippen molar-refractivity contribution in [3.05, 3.63) is 48.7 Å². The molecule has 3 rings (SSSR count). The molecule has 0 aliphatic heterocycles. The molecule has 0 saturated heterocycles. The van der Waals surface area contributed by atoms with Crippen LogP contribution in [0.2, 0.25) is 0 Å². The van der Waals surface area contributed by atoms with Gasteiger partial charge in [0.15, 0.2) is 0 Å². The summed E-state index contributed by atoms with van der Waals surface area (Å²) in [5.74, 6) is 0.427. The summed E-state index contributed by atoms with van der Waals surface area (Å²) in [6.45, 7) is 3.98. The Morgan fingerprint density at radius 1 is 1.07 bits per heavy atom. The van der Waals surface area contributed by atoms with Crippen LogP contribution in [0, 0.1) is 5.92 Å². The molecule has 1 fully saturated rings. The van der Waals surface area contributed by atoms with Gasteiger partial charge in [-0.1, -0.05) is 18.2 Å². The number of benzene rings is 1. The highest BCUT2D eigenvalue weighted by Crippen LogP contribution is 2.28. The molecule has 0 atom stereocenters. The highest BCUT2D eigenvalue weighted by Gasteiger charge is 2.23. The largest absolute Gasteiger partial charge is 0.382 e. The minimum absolute atomic E-state index is 0.373. The summed E-state index contributed by atoms with van der Waals surface area (Å²) >= 11 is 0. The fourth-order valence-electron chi connectivity index (χ4n) is 3.45. The highest BCUT2D eigenvalue weighted by molar-refractivity contribution is 7.90. The van der Waals surface area contributed by atoms with E-state index in [0.29, 0.717) is 18.5 Å². The van der Waals surface area contributed by atoms with Gasteiger partial charge in [0.1, 0.15) is 0 Å². The monoisotopic (exact) mass is 387 g/mol. The lowest BCUT2D eigenvalue weighted by atomic mass is 9.86. The lowest BCUT2D eigenvalue weighted by Gasteiger charge is -2.30. The normalized spacial score (nSPS) is 20.6. The standard InChI is InChI=1S/C21H29N3O2S/c1-16(2)27(25,26)23-15-17-9-11-19(12-10-17)24-20-7-5-6-18(14-20)21-8-3-4-13-22-21/h3-8,13-14,16-17,19,23-24H,9-12,15H2,1-2H3. The lowest BCUT2D eigenvalue weighted by molar-refractivity contribution is 0.337. The Labute approximate surface area is 162 Å². The van der Waals surface area contributed by atoms with Gasteiger partial charge < -0.3 is 5.32 Å². The average Bonchev–Trinajstić information content (AvgIpc) is 2.68. The second-order valence-corrected chi connectivity index (χ2v) is 9.92. The minimum Gasteiger partial charge on any atom is -0.382 e. The van der Waals surface area contributed by atoms with Crippen molar-refractivity contribution >= 4 is 15.7 Å². The molecule has 2 aromatic rings. The Hall–Kier alpha value is -1.92. The number of hydrogen-bond acceptors (Lipinski definition) is 4. The zero-order valence-electron chi connectivity index (χ0n) is 16.1. The summed E-state index contributed by atoms with van der Waals surface area (Å²) < 4.78 is 26.6. The predicted octanol–water partition coefficient (Wildman–Crippen LogP) is 4.05. The summed E-state index contributed by atoms with van der Waals surface area (Å²) in [5, 5.41) is 3.26. The fourth-order valence-corrected chi connectivity index (χ4v) is 4.25. The van der Waals surface area contributed by atoms with E-state index in [1.54, 1.807) is 13.8 Å². The van der Waals surface area contributed by atoms with Gasteiger partial charge in [0.05, 0.1) is 10.9 Å². The van der Waals surface area contributed by atoms with Crippen LogP contribution in [0.1, 0.15) is 39.5 Å². The molecule has 2 N–H and O–H groups in total. The van der Waals surface area contributed by atoms with Gasteiger partial charge in [0.2, 0.25) is 10.0 Å². The smallest absolute Gasteiger partial charge is 0.213 e. The molecular formula is C21H29N3O2S. The second kappa shape index (κ2) is 8.85. The van der Waals surface area contributed by atoms with E-state index < -0.39 is 10.0 Å². The molecule has 5 nitrogen and oxygen atoms in total. The van der Waals surface area contributed by atoms with E-state index in [0.717, 1.165) is 42.6 Å². The maximum Gasteiger partial charge on any atom is 0.213 e. The van der Waals surface area contributed by atoms with Crippen molar-refractivity contribution in [2.75, 3.05) is 11.9 Å². The van der Waals surface area contributed by atoms with Crippen molar-refractivity contribution in [1.82, 2.24) is 9.71 Å². The molecule has 1 aromatic heterocycles.